The Labute approximate surface area is 151 Å². The maximum absolute atomic E-state index is 13.6. The van der Waals surface area contributed by atoms with Crippen LogP contribution in [0.5, 0.6) is 0 Å². The molecule has 0 bridgehead atoms. The van der Waals surface area contributed by atoms with Gasteiger partial charge in [0, 0.05) is 5.69 Å². The van der Waals surface area contributed by atoms with Gasteiger partial charge < -0.3 is 10.6 Å². The smallest absolute Gasteiger partial charge is 0.230 e. The van der Waals surface area contributed by atoms with Crippen molar-refractivity contribution in [3.8, 4) is 0 Å². The fourth-order valence-corrected chi connectivity index (χ4v) is 2.56. The highest BCUT2D eigenvalue weighted by Crippen LogP contribution is 2.20. The molecule has 0 radical (unpaired) electrons. The molecule has 0 fully saturated rings. The van der Waals surface area contributed by atoms with E-state index in [9.17, 15) is 9.18 Å². The monoisotopic (exact) mass is 350 g/mol. The van der Waals surface area contributed by atoms with E-state index in [0.29, 0.717) is 17.2 Å². The van der Waals surface area contributed by atoms with Gasteiger partial charge in [0.25, 0.3) is 0 Å². The maximum Gasteiger partial charge on any atom is 0.230 e. The first-order chi connectivity index (χ1) is 12.7. The van der Waals surface area contributed by atoms with E-state index < -0.39 is 5.82 Å². The molecule has 0 saturated carbocycles. The van der Waals surface area contributed by atoms with Crippen LogP contribution in [0.25, 0.3) is 0 Å². The number of nitrogens with zero attached hydrogens (tertiary/aromatic N) is 2. The highest BCUT2D eigenvalue weighted by molar-refractivity contribution is 5.91. The number of amides is 1. The standard InChI is InChI=1S/C20H19FN4O/c1-2-14-7-4-6-10-17(14)22-18-11-12-19(25-24-18)23-20(26)13-15-8-3-5-9-16(15)21/h3-12H,2,13H2,1H3,(H,22,24)(H,23,25,26). The zero-order valence-electron chi connectivity index (χ0n) is 14.4. The Morgan fingerprint density at radius 3 is 2.27 bits per heavy atom. The lowest BCUT2D eigenvalue weighted by Crippen LogP contribution is -2.16. The number of halogens is 1. The maximum atomic E-state index is 13.6. The predicted octanol–water partition coefficient (Wildman–Crippen LogP) is 4.10. The molecule has 0 spiro atoms. The molecule has 6 heteroatoms. The Morgan fingerprint density at radius 1 is 0.923 bits per heavy atom. The van der Waals surface area contributed by atoms with Gasteiger partial charge in [0.2, 0.25) is 5.91 Å². The van der Waals surface area contributed by atoms with Gasteiger partial charge in [0.15, 0.2) is 11.6 Å². The highest BCUT2D eigenvalue weighted by Gasteiger charge is 2.09. The van der Waals surface area contributed by atoms with Crippen molar-refractivity contribution >= 4 is 23.2 Å². The molecule has 1 amide bonds. The van der Waals surface area contributed by atoms with Gasteiger partial charge in [0.1, 0.15) is 5.82 Å². The second-order valence-corrected chi connectivity index (χ2v) is 5.76. The van der Waals surface area contributed by atoms with Crippen LogP contribution in [0.3, 0.4) is 0 Å². The molecule has 0 unspecified atom stereocenters. The second kappa shape index (κ2) is 8.20. The van der Waals surface area contributed by atoms with Gasteiger partial charge in [-0.2, -0.15) is 0 Å². The van der Waals surface area contributed by atoms with Crippen LogP contribution in [0.15, 0.2) is 60.7 Å². The summed E-state index contributed by atoms with van der Waals surface area (Å²) >= 11 is 0. The van der Waals surface area contributed by atoms with Gasteiger partial charge >= 0.3 is 0 Å². The van der Waals surface area contributed by atoms with E-state index in [1.54, 1.807) is 30.3 Å². The van der Waals surface area contributed by atoms with Crippen LogP contribution in [0.4, 0.5) is 21.7 Å². The molecule has 1 heterocycles. The summed E-state index contributed by atoms with van der Waals surface area (Å²) in [6.45, 7) is 2.08. The average Bonchev–Trinajstić information content (AvgIpc) is 2.66. The number of anilines is 3. The topological polar surface area (TPSA) is 66.9 Å². The Bertz CT molecular complexity index is 896. The van der Waals surface area contributed by atoms with Crippen molar-refractivity contribution in [1.29, 1.82) is 0 Å². The van der Waals surface area contributed by atoms with E-state index >= 15 is 0 Å². The zero-order valence-corrected chi connectivity index (χ0v) is 14.4. The largest absolute Gasteiger partial charge is 0.339 e. The number of hydrogen-bond donors (Lipinski definition) is 2. The lowest BCUT2D eigenvalue weighted by molar-refractivity contribution is -0.115. The minimum atomic E-state index is -0.400. The molecule has 132 valence electrons. The molecule has 0 aliphatic carbocycles. The number of aryl methyl sites for hydroxylation is 1. The predicted molar refractivity (Wildman–Crippen MR) is 99.9 cm³/mol. The lowest BCUT2D eigenvalue weighted by atomic mass is 10.1. The summed E-state index contributed by atoms with van der Waals surface area (Å²) < 4.78 is 13.6. The summed E-state index contributed by atoms with van der Waals surface area (Å²) in [5.74, 6) is 0.156. The van der Waals surface area contributed by atoms with Gasteiger partial charge in [-0.1, -0.05) is 43.3 Å². The van der Waals surface area contributed by atoms with Crippen molar-refractivity contribution in [3.05, 3.63) is 77.6 Å². The van der Waals surface area contributed by atoms with Gasteiger partial charge in [-0.05, 0) is 41.8 Å². The van der Waals surface area contributed by atoms with Crippen LogP contribution >= 0.6 is 0 Å². The van der Waals surface area contributed by atoms with Gasteiger partial charge in [-0.3, -0.25) is 4.79 Å². The fourth-order valence-electron chi connectivity index (χ4n) is 2.56. The Balaban J connectivity index is 1.62. The summed E-state index contributed by atoms with van der Waals surface area (Å²) in [7, 11) is 0. The third-order valence-corrected chi connectivity index (χ3v) is 3.90. The molecular weight excluding hydrogens is 331 g/mol. The molecule has 26 heavy (non-hydrogen) atoms. The Hall–Kier alpha value is -3.28. The number of aromatic nitrogens is 2. The van der Waals surface area contributed by atoms with Crippen LogP contribution < -0.4 is 10.6 Å². The molecule has 1 aromatic heterocycles. The SMILES string of the molecule is CCc1ccccc1Nc1ccc(NC(=O)Cc2ccccc2F)nn1. The number of rotatable bonds is 6. The fraction of sp³-hybridized carbons (Fsp3) is 0.150. The van der Waals surface area contributed by atoms with E-state index in [1.807, 2.05) is 24.3 Å². The van der Waals surface area contributed by atoms with Crippen molar-refractivity contribution in [2.45, 2.75) is 19.8 Å². The number of carbonyl (C=O) groups excluding carboxylic acids is 1. The van der Waals surface area contributed by atoms with Gasteiger partial charge in [-0.25, -0.2) is 4.39 Å². The molecule has 0 saturated heterocycles. The molecule has 5 nitrogen and oxygen atoms in total. The van der Waals surface area contributed by atoms with E-state index in [-0.39, 0.29) is 12.3 Å². The quantitative estimate of drug-likeness (QED) is 0.702. The third kappa shape index (κ3) is 4.42. The average molecular weight is 350 g/mol. The van der Waals surface area contributed by atoms with Crippen molar-refractivity contribution in [1.82, 2.24) is 10.2 Å². The lowest BCUT2D eigenvalue weighted by Gasteiger charge is -2.10. The molecule has 2 N–H and O–H groups in total. The van der Waals surface area contributed by atoms with E-state index in [4.69, 9.17) is 0 Å². The normalized spacial score (nSPS) is 10.4. The first-order valence-corrected chi connectivity index (χ1v) is 8.37. The summed E-state index contributed by atoms with van der Waals surface area (Å²) in [5, 5.41) is 13.9. The molecular formula is C20H19FN4O. The number of nitrogens with one attached hydrogen (secondary N) is 2. The van der Waals surface area contributed by atoms with Crippen LogP contribution in [0, 0.1) is 5.82 Å². The van der Waals surface area contributed by atoms with Crippen molar-refractivity contribution in [3.63, 3.8) is 0 Å². The Morgan fingerprint density at radius 2 is 1.58 bits per heavy atom. The summed E-state index contributed by atoms with van der Waals surface area (Å²) in [4.78, 5) is 12.0. The minimum Gasteiger partial charge on any atom is -0.339 e. The molecule has 0 aliphatic rings. The van der Waals surface area contributed by atoms with Gasteiger partial charge in [-0.15, -0.1) is 10.2 Å². The number of carbonyl (C=O) groups is 1. The minimum absolute atomic E-state index is 0.0573. The van der Waals surface area contributed by atoms with Crippen LogP contribution in [0.1, 0.15) is 18.1 Å². The van der Waals surface area contributed by atoms with Crippen molar-refractivity contribution < 1.29 is 9.18 Å². The van der Waals surface area contributed by atoms with Crippen molar-refractivity contribution in [2.75, 3.05) is 10.6 Å². The van der Waals surface area contributed by atoms with Gasteiger partial charge in [0.05, 0.1) is 6.42 Å². The molecule has 3 aromatic rings. The summed E-state index contributed by atoms with van der Waals surface area (Å²) in [6.07, 6.45) is 0.846. The molecule has 0 atom stereocenters. The van der Waals surface area contributed by atoms with Crippen LogP contribution in [-0.4, -0.2) is 16.1 Å². The zero-order chi connectivity index (χ0) is 18.4. The molecule has 2 aromatic carbocycles. The number of benzene rings is 2. The third-order valence-electron chi connectivity index (χ3n) is 3.90. The van der Waals surface area contributed by atoms with Crippen molar-refractivity contribution in [2.24, 2.45) is 0 Å². The Kier molecular flexibility index (Phi) is 5.53. The first-order valence-electron chi connectivity index (χ1n) is 8.37. The number of para-hydroxylation sites is 1. The van der Waals surface area contributed by atoms with E-state index in [0.717, 1.165) is 12.1 Å². The highest BCUT2D eigenvalue weighted by atomic mass is 19.1. The second-order valence-electron chi connectivity index (χ2n) is 5.76. The summed E-state index contributed by atoms with van der Waals surface area (Å²) in [5.41, 5.74) is 2.49. The van der Waals surface area contributed by atoms with E-state index in [2.05, 4.69) is 27.8 Å². The van der Waals surface area contributed by atoms with E-state index in [1.165, 1.54) is 11.6 Å². The van der Waals surface area contributed by atoms with Crippen LogP contribution in [0.2, 0.25) is 0 Å². The molecule has 3 rings (SSSR count). The first kappa shape index (κ1) is 17.5. The number of hydrogen-bond acceptors (Lipinski definition) is 4. The summed E-state index contributed by atoms with van der Waals surface area (Å²) in [6, 6.07) is 17.6. The van der Waals surface area contributed by atoms with Crippen LogP contribution in [-0.2, 0) is 17.6 Å². The molecule has 0 aliphatic heterocycles.